The summed E-state index contributed by atoms with van der Waals surface area (Å²) in [5.41, 5.74) is 0.974. The van der Waals surface area contributed by atoms with E-state index in [9.17, 15) is 0 Å². The van der Waals surface area contributed by atoms with Crippen molar-refractivity contribution in [2.75, 3.05) is 19.0 Å². The number of rotatable bonds is 5. The summed E-state index contributed by atoms with van der Waals surface area (Å²) >= 11 is 0. The lowest BCUT2D eigenvalue weighted by Gasteiger charge is -2.28. The largest absolute Gasteiger partial charge is 0.373 e. The summed E-state index contributed by atoms with van der Waals surface area (Å²) in [6, 6.07) is 2.13. The van der Waals surface area contributed by atoms with Gasteiger partial charge in [-0.05, 0) is 45.4 Å². The van der Waals surface area contributed by atoms with Crippen molar-refractivity contribution in [2.45, 2.75) is 69.8 Å². The fourth-order valence-electron chi connectivity index (χ4n) is 3.88. The molecule has 1 heterocycles. The van der Waals surface area contributed by atoms with Gasteiger partial charge in [0.2, 0.25) is 0 Å². The molecule has 2 saturated carbocycles. The zero-order chi connectivity index (χ0) is 14.7. The summed E-state index contributed by atoms with van der Waals surface area (Å²) in [4.78, 5) is 9.71. The van der Waals surface area contributed by atoms with Gasteiger partial charge < -0.3 is 10.1 Å². The molecule has 1 N–H and O–H groups in total. The number of ether oxygens (including phenoxy) is 1. The van der Waals surface area contributed by atoms with Crippen LogP contribution in [0.25, 0.3) is 0 Å². The van der Waals surface area contributed by atoms with E-state index in [-0.39, 0.29) is 5.60 Å². The Kier molecular flexibility index (Phi) is 4.43. The third-order valence-corrected chi connectivity index (χ3v) is 5.01. The van der Waals surface area contributed by atoms with Crippen LogP contribution in [0.1, 0.15) is 75.7 Å². The molecule has 0 aliphatic heterocycles. The molecule has 0 amide bonds. The molecule has 0 atom stereocenters. The van der Waals surface area contributed by atoms with E-state index in [1.807, 2.05) is 7.05 Å². The first-order chi connectivity index (χ1) is 10.3. The highest BCUT2D eigenvalue weighted by Gasteiger charge is 2.40. The molecule has 1 aromatic heterocycles. The van der Waals surface area contributed by atoms with Crippen LogP contribution in [-0.2, 0) is 10.3 Å². The van der Waals surface area contributed by atoms with Crippen LogP contribution in [0.2, 0.25) is 0 Å². The normalized spacial score (nSPS) is 21.8. The average Bonchev–Trinajstić information content (AvgIpc) is 3.19. The molecule has 4 nitrogen and oxygen atoms in total. The topological polar surface area (TPSA) is 47.0 Å². The summed E-state index contributed by atoms with van der Waals surface area (Å²) in [5.74, 6) is 2.46. The van der Waals surface area contributed by atoms with Gasteiger partial charge in [0.1, 0.15) is 11.4 Å². The van der Waals surface area contributed by atoms with E-state index in [2.05, 4.69) is 18.3 Å². The van der Waals surface area contributed by atoms with E-state index in [1.54, 1.807) is 0 Å². The molecule has 116 valence electrons. The Bertz CT molecular complexity index is 477. The maximum atomic E-state index is 6.14. The Labute approximate surface area is 127 Å². The van der Waals surface area contributed by atoms with Gasteiger partial charge in [-0.25, -0.2) is 9.97 Å². The molecule has 0 radical (unpaired) electrons. The average molecular weight is 289 g/mol. The van der Waals surface area contributed by atoms with Crippen LogP contribution in [0.4, 0.5) is 5.82 Å². The number of hydrogen-bond acceptors (Lipinski definition) is 4. The van der Waals surface area contributed by atoms with Crippen molar-refractivity contribution in [2.24, 2.45) is 0 Å². The maximum absolute atomic E-state index is 6.14. The SMILES string of the molecule is CCOC1(c2nc(NC)cc(C3CCCC3)n2)CCCC1. The second kappa shape index (κ2) is 6.30. The summed E-state index contributed by atoms with van der Waals surface area (Å²) in [5, 5.41) is 3.21. The van der Waals surface area contributed by atoms with Crippen LogP contribution in [0.3, 0.4) is 0 Å². The lowest BCUT2D eigenvalue weighted by Crippen LogP contribution is -2.29. The second-order valence-corrected chi connectivity index (χ2v) is 6.37. The van der Waals surface area contributed by atoms with E-state index in [4.69, 9.17) is 14.7 Å². The second-order valence-electron chi connectivity index (χ2n) is 6.37. The van der Waals surface area contributed by atoms with Crippen LogP contribution < -0.4 is 5.32 Å². The third kappa shape index (κ3) is 2.91. The van der Waals surface area contributed by atoms with E-state index in [0.29, 0.717) is 5.92 Å². The summed E-state index contributed by atoms with van der Waals surface area (Å²) < 4.78 is 6.14. The molecular weight excluding hydrogens is 262 g/mol. The number of aromatic nitrogens is 2. The van der Waals surface area contributed by atoms with Crippen LogP contribution >= 0.6 is 0 Å². The summed E-state index contributed by atoms with van der Waals surface area (Å²) in [6.45, 7) is 2.80. The number of nitrogens with one attached hydrogen (secondary N) is 1. The summed E-state index contributed by atoms with van der Waals surface area (Å²) in [6.07, 6.45) is 9.72. The fraction of sp³-hybridized carbons (Fsp3) is 0.765. The van der Waals surface area contributed by atoms with Gasteiger partial charge in [-0.3, -0.25) is 0 Å². The Hall–Kier alpha value is -1.16. The smallest absolute Gasteiger partial charge is 0.162 e. The van der Waals surface area contributed by atoms with Gasteiger partial charge in [0.05, 0.1) is 0 Å². The summed E-state index contributed by atoms with van der Waals surface area (Å²) in [7, 11) is 1.94. The molecule has 3 rings (SSSR count). The number of anilines is 1. The Balaban J connectivity index is 1.97. The van der Waals surface area contributed by atoms with Crippen molar-refractivity contribution < 1.29 is 4.74 Å². The Morgan fingerprint density at radius 2 is 1.90 bits per heavy atom. The van der Waals surface area contributed by atoms with Gasteiger partial charge in [-0.2, -0.15) is 0 Å². The number of hydrogen-bond donors (Lipinski definition) is 1. The third-order valence-electron chi connectivity index (χ3n) is 5.01. The predicted molar refractivity (Wildman–Crippen MR) is 84.6 cm³/mol. The molecule has 0 aromatic carbocycles. The first kappa shape index (κ1) is 14.8. The highest BCUT2D eigenvalue weighted by molar-refractivity contribution is 5.37. The molecule has 4 heteroatoms. The Morgan fingerprint density at radius 3 is 2.52 bits per heavy atom. The lowest BCUT2D eigenvalue weighted by atomic mass is 9.99. The molecule has 2 fully saturated rings. The van der Waals surface area contributed by atoms with Gasteiger partial charge in [0.15, 0.2) is 5.82 Å². The molecule has 2 aliphatic carbocycles. The molecule has 0 spiro atoms. The molecule has 21 heavy (non-hydrogen) atoms. The Morgan fingerprint density at radius 1 is 1.19 bits per heavy atom. The van der Waals surface area contributed by atoms with Gasteiger partial charge >= 0.3 is 0 Å². The van der Waals surface area contributed by atoms with E-state index in [1.165, 1.54) is 44.2 Å². The standard InChI is InChI=1S/C17H27N3O/c1-3-21-17(10-6-7-11-17)16-19-14(12-15(18-2)20-16)13-8-4-5-9-13/h12-13H,3-11H2,1-2H3,(H,18,19,20). The maximum Gasteiger partial charge on any atom is 0.162 e. The van der Waals surface area contributed by atoms with Crippen molar-refractivity contribution in [3.63, 3.8) is 0 Å². The minimum absolute atomic E-state index is 0.241. The van der Waals surface area contributed by atoms with Gasteiger partial charge in [0.25, 0.3) is 0 Å². The molecule has 2 aliphatic rings. The molecule has 0 unspecified atom stereocenters. The quantitative estimate of drug-likeness (QED) is 0.890. The molecule has 0 bridgehead atoms. The van der Waals surface area contributed by atoms with Gasteiger partial charge in [-0.15, -0.1) is 0 Å². The highest BCUT2D eigenvalue weighted by Crippen LogP contribution is 2.42. The molecule has 0 saturated heterocycles. The number of nitrogens with zero attached hydrogens (tertiary/aromatic N) is 2. The van der Waals surface area contributed by atoms with Gasteiger partial charge in [0, 0.05) is 31.3 Å². The zero-order valence-corrected chi connectivity index (χ0v) is 13.3. The van der Waals surface area contributed by atoms with E-state index >= 15 is 0 Å². The van der Waals surface area contributed by atoms with E-state index < -0.39 is 0 Å². The molecular formula is C17H27N3O. The molecule has 1 aromatic rings. The van der Waals surface area contributed by atoms with Crippen LogP contribution in [0.15, 0.2) is 6.07 Å². The van der Waals surface area contributed by atoms with Gasteiger partial charge in [-0.1, -0.05) is 12.8 Å². The van der Waals surface area contributed by atoms with Crippen molar-refractivity contribution in [1.82, 2.24) is 9.97 Å². The zero-order valence-electron chi connectivity index (χ0n) is 13.3. The minimum atomic E-state index is -0.241. The first-order valence-corrected chi connectivity index (χ1v) is 8.48. The van der Waals surface area contributed by atoms with Crippen molar-refractivity contribution >= 4 is 5.82 Å². The van der Waals surface area contributed by atoms with Crippen LogP contribution in [0, 0.1) is 0 Å². The van der Waals surface area contributed by atoms with Crippen molar-refractivity contribution in [3.8, 4) is 0 Å². The predicted octanol–water partition coefficient (Wildman–Crippen LogP) is 3.98. The fourth-order valence-corrected chi connectivity index (χ4v) is 3.88. The van der Waals surface area contributed by atoms with Crippen LogP contribution in [-0.4, -0.2) is 23.6 Å². The van der Waals surface area contributed by atoms with Crippen molar-refractivity contribution in [1.29, 1.82) is 0 Å². The monoisotopic (exact) mass is 289 g/mol. The highest BCUT2D eigenvalue weighted by atomic mass is 16.5. The van der Waals surface area contributed by atoms with Crippen LogP contribution in [0.5, 0.6) is 0 Å². The first-order valence-electron chi connectivity index (χ1n) is 8.48. The lowest BCUT2D eigenvalue weighted by molar-refractivity contribution is -0.0457. The van der Waals surface area contributed by atoms with E-state index in [0.717, 1.165) is 31.1 Å². The van der Waals surface area contributed by atoms with Crippen molar-refractivity contribution in [3.05, 3.63) is 17.6 Å². The minimum Gasteiger partial charge on any atom is -0.373 e.